The fourth-order valence-electron chi connectivity index (χ4n) is 4.24. The first-order valence-corrected chi connectivity index (χ1v) is 19.6. The van der Waals surface area contributed by atoms with Crippen LogP contribution in [0.15, 0.2) is 61.2 Å². The van der Waals surface area contributed by atoms with Gasteiger partial charge in [-0.15, -0.1) is 0 Å². The first-order valence-electron chi connectivity index (χ1n) is 17.8. The molecule has 1 heterocycles. The van der Waals surface area contributed by atoms with E-state index in [-0.39, 0.29) is 29.7 Å². The molecular weight excluding hydrogens is 748 g/mol. The summed E-state index contributed by atoms with van der Waals surface area (Å²) in [6.07, 6.45) is -3.34. The van der Waals surface area contributed by atoms with Crippen LogP contribution in [0.2, 0.25) is 0 Å². The highest BCUT2D eigenvalue weighted by molar-refractivity contribution is 7.86. The lowest BCUT2D eigenvalue weighted by Gasteiger charge is -2.27. The van der Waals surface area contributed by atoms with E-state index in [2.05, 4.69) is 46.5 Å². The van der Waals surface area contributed by atoms with Gasteiger partial charge in [0.25, 0.3) is 10.1 Å². The number of nitrogens with one attached hydrogen (secondary N) is 1. The maximum absolute atomic E-state index is 13.0. The van der Waals surface area contributed by atoms with Crippen molar-refractivity contribution >= 4 is 16.0 Å². The molecule has 55 heavy (non-hydrogen) atoms. The molecule has 1 unspecified atom stereocenters. The predicted octanol–water partition coefficient (Wildman–Crippen LogP) is 8.54. The van der Waals surface area contributed by atoms with Gasteiger partial charge in [-0.2, -0.15) is 30.4 Å². The summed E-state index contributed by atoms with van der Waals surface area (Å²) in [7, 11) is -3.28. The Morgan fingerprint density at radius 1 is 0.836 bits per heavy atom. The van der Waals surface area contributed by atoms with E-state index in [0.29, 0.717) is 17.9 Å². The molecule has 1 saturated heterocycles. The van der Waals surface area contributed by atoms with Gasteiger partial charge < -0.3 is 19.9 Å². The monoisotopic (exact) mass is 810 g/mol. The molecule has 0 saturated carbocycles. The van der Waals surface area contributed by atoms with E-state index in [1.165, 1.54) is 31.3 Å². The molecule has 1 aliphatic rings. The molecule has 1 amide bonds. The van der Waals surface area contributed by atoms with Gasteiger partial charge in [0.15, 0.2) is 6.61 Å². The minimum Gasteiger partial charge on any atom is -0.493 e. The lowest BCUT2D eigenvalue weighted by atomic mass is 9.78. The first kappa shape index (κ1) is 51.7. The second-order valence-electron chi connectivity index (χ2n) is 16.8. The van der Waals surface area contributed by atoms with Crippen molar-refractivity contribution in [2.45, 2.75) is 117 Å². The van der Waals surface area contributed by atoms with Crippen molar-refractivity contribution in [2.75, 3.05) is 39.2 Å². The standard InChI is InChI=1S/C22H25F5O3.C7H13NO.C6H13N.C5H12O3S/c1-15(12-28)13-29-18-8-4-16(5-9-18)20(2,3)17-6-10-19(11-7-17)30-14-21(23,24)22(25,26)27;1-5-6(9)8-7(2,3)4;1-6(2,3)7-4-5-7;1-5(2,3)8-9(4,6)7/h4-11,15,28H,12-14H2,1-3H3;5H,1H2,2-4H3,(H,8,9);4-5H2,1-3H3;1-4H3. The Morgan fingerprint density at radius 3 is 1.49 bits per heavy atom. The fourth-order valence-corrected chi connectivity index (χ4v) is 5.15. The van der Waals surface area contributed by atoms with E-state index >= 15 is 0 Å². The van der Waals surface area contributed by atoms with Crippen LogP contribution in [-0.2, 0) is 24.5 Å². The quantitative estimate of drug-likeness (QED) is 0.101. The zero-order valence-electron chi connectivity index (χ0n) is 34.7. The van der Waals surface area contributed by atoms with E-state index in [9.17, 15) is 35.2 Å². The number of aliphatic hydroxyl groups is 1. The van der Waals surface area contributed by atoms with Crippen molar-refractivity contribution in [1.82, 2.24) is 10.2 Å². The van der Waals surface area contributed by atoms with Crippen LogP contribution in [0.1, 0.15) is 94.2 Å². The minimum absolute atomic E-state index is 0.0259. The normalized spacial score (nSPS) is 14.4. The second-order valence-corrected chi connectivity index (χ2v) is 18.3. The second kappa shape index (κ2) is 20.8. The van der Waals surface area contributed by atoms with Crippen molar-refractivity contribution < 1.29 is 53.9 Å². The molecular formula is C40H63F5N2O7S. The van der Waals surface area contributed by atoms with Crippen molar-refractivity contribution in [3.05, 3.63) is 72.3 Å². The molecule has 316 valence electrons. The van der Waals surface area contributed by atoms with Crippen LogP contribution < -0.4 is 14.8 Å². The van der Waals surface area contributed by atoms with Gasteiger partial charge in [0.05, 0.1) is 18.5 Å². The topological polar surface area (TPSA) is 114 Å². The third-order valence-electron chi connectivity index (χ3n) is 7.31. The number of alkyl halides is 5. The summed E-state index contributed by atoms with van der Waals surface area (Å²) < 4.78 is 98.3. The number of benzene rings is 2. The van der Waals surface area contributed by atoms with Crippen LogP contribution in [0.5, 0.6) is 11.5 Å². The molecule has 1 atom stereocenters. The lowest BCUT2D eigenvalue weighted by Crippen LogP contribution is -2.41. The van der Waals surface area contributed by atoms with Gasteiger partial charge in [-0.1, -0.05) is 51.6 Å². The first-order chi connectivity index (χ1) is 24.6. The largest absolute Gasteiger partial charge is 0.493 e. The van der Waals surface area contributed by atoms with Crippen LogP contribution in [0.25, 0.3) is 0 Å². The van der Waals surface area contributed by atoms with Crippen LogP contribution in [-0.4, -0.2) is 92.3 Å². The summed E-state index contributed by atoms with van der Waals surface area (Å²) in [6.45, 7) is 28.0. The van der Waals surface area contributed by atoms with Crippen LogP contribution >= 0.6 is 0 Å². The van der Waals surface area contributed by atoms with Gasteiger partial charge in [0, 0.05) is 42.1 Å². The average Bonchev–Trinajstić information content (AvgIpc) is 3.87. The molecule has 0 aromatic heterocycles. The Bertz CT molecular complexity index is 1560. The Labute approximate surface area is 325 Å². The van der Waals surface area contributed by atoms with E-state index < -0.39 is 39.8 Å². The molecule has 2 aromatic carbocycles. The molecule has 15 heteroatoms. The lowest BCUT2D eigenvalue weighted by molar-refractivity contribution is -0.290. The molecule has 9 nitrogen and oxygen atoms in total. The molecule has 0 radical (unpaired) electrons. The van der Waals surface area contributed by atoms with Gasteiger partial charge in [0.1, 0.15) is 11.5 Å². The summed E-state index contributed by atoms with van der Waals surface area (Å²) in [5, 5.41) is 11.8. The maximum atomic E-state index is 13.0. The number of hydrogen-bond acceptors (Lipinski definition) is 8. The van der Waals surface area contributed by atoms with E-state index in [1.54, 1.807) is 32.9 Å². The van der Waals surface area contributed by atoms with Gasteiger partial charge in [-0.25, -0.2) is 0 Å². The van der Waals surface area contributed by atoms with Gasteiger partial charge in [0.2, 0.25) is 5.91 Å². The molecule has 1 aliphatic heterocycles. The number of carbonyl (C=O) groups excluding carboxylic acids is 1. The van der Waals surface area contributed by atoms with Gasteiger partial charge >= 0.3 is 12.1 Å². The molecule has 0 spiro atoms. The predicted molar refractivity (Wildman–Crippen MR) is 208 cm³/mol. The number of aliphatic hydroxyl groups excluding tert-OH is 1. The number of nitrogens with zero attached hydrogens (tertiary/aromatic N) is 1. The smallest absolute Gasteiger partial charge is 0.456 e. The highest BCUT2D eigenvalue weighted by atomic mass is 32.2. The Kier molecular flexibility index (Phi) is 19.5. The number of amides is 1. The summed E-state index contributed by atoms with van der Waals surface area (Å²) in [5.74, 6) is -4.41. The summed E-state index contributed by atoms with van der Waals surface area (Å²) >= 11 is 0. The minimum atomic E-state index is -5.65. The van der Waals surface area contributed by atoms with Crippen molar-refractivity contribution in [1.29, 1.82) is 0 Å². The van der Waals surface area contributed by atoms with Gasteiger partial charge in [-0.05, 0) is 104 Å². The Hall–Kier alpha value is -3.27. The SMILES string of the molecule is C=CC(=O)NC(C)(C)C.CC(C)(C)N1CC1.CC(C)(C)OS(C)(=O)=O.CC(CO)COc1ccc(C(C)(C)c2ccc(OCC(F)(F)C(F)(F)F)cc2)cc1. The van der Waals surface area contributed by atoms with Crippen molar-refractivity contribution in [2.24, 2.45) is 5.92 Å². The number of halogens is 5. The zero-order chi connectivity index (χ0) is 43.3. The van der Waals surface area contributed by atoms with Crippen LogP contribution in [0.4, 0.5) is 22.0 Å². The number of carbonyl (C=O) groups is 1. The van der Waals surface area contributed by atoms with E-state index in [4.69, 9.17) is 9.84 Å². The summed E-state index contributed by atoms with van der Waals surface area (Å²) in [4.78, 5) is 13.0. The van der Waals surface area contributed by atoms with Crippen molar-refractivity contribution in [3.8, 4) is 11.5 Å². The zero-order valence-corrected chi connectivity index (χ0v) is 35.5. The third kappa shape index (κ3) is 22.8. The Morgan fingerprint density at radius 2 is 1.25 bits per heavy atom. The van der Waals surface area contributed by atoms with E-state index in [1.807, 2.05) is 65.8 Å². The molecule has 2 N–H and O–H groups in total. The number of rotatable bonds is 11. The highest BCUT2D eigenvalue weighted by Gasteiger charge is 2.58. The number of hydrogen-bond donors (Lipinski definition) is 2. The van der Waals surface area contributed by atoms with Crippen LogP contribution in [0.3, 0.4) is 0 Å². The summed E-state index contributed by atoms with van der Waals surface area (Å²) in [6, 6.07) is 13.4. The fraction of sp³-hybridized carbons (Fsp3) is 0.625. The molecule has 2 aromatic rings. The van der Waals surface area contributed by atoms with Crippen molar-refractivity contribution in [3.63, 3.8) is 0 Å². The maximum Gasteiger partial charge on any atom is 0.456 e. The average molecular weight is 811 g/mol. The highest BCUT2D eigenvalue weighted by Crippen LogP contribution is 2.37. The van der Waals surface area contributed by atoms with Gasteiger partial charge in [-0.3, -0.25) is 13.9 Å². The third-order valence-corrected chi connectivity index (χ3v) is 8.12. The van der Waals surface area contributed by atoms with Crippen LogP contribution in [0, 0.1) is 5.92 Å². The molecule has 3 rings (SSSR count). The number of ether oxygens (including phenoxy) is 2. The summed E-state index contributed by atoms with van der Waals surface area (Å²) in [5.41, 5.74) is 1.03. The van der Waals surface area contributed by atoms with E-state index in [0.717, 1.165) is 17.4 Å². The molecule has 1 fully saturated rings. The Balaban J connectivity index is 0.000000936. The molecule has 0 aliphatic carbocycles. The molecule has 0 bridgehead atoms.